The number of hydrogen-bond acceptors (Lipinski definition) is 5. The number of nitrogens with zero attached hydrogens (tertiary/aromatic N) is 2. The van der Waals surface area contributed by atoms with Crippen LogP contribution in [0.15, 0.2) is 42.7 Å². The number of carbonyl (C=O) groups excluding carboxylic acids is 2. The number of hydrogen-bond donors (Lipinski definition) is 2. The first-order valence-corrected chi connectivity index (χ1v) is 7.51. The van der Waals surface area contributed by atoms with E-state index in [0.29, 0.717) is 21.1 Å². The highest BCUT2D eigenvalue weighted by Crippen LogP contribution is 2.28. The third-order valence-corrected chi connectivity index (χ3v) is 3.93. The van der Waals surface area contributed by atoms with E-state index in [2.05, 4.69) is 15.6 Å². The van der Waals surface area contributed by atoms with E-state index < -0.39 is 0 Å². The lowest BCUT2D eigenvalue weighted by Crippen LogP contribution is -2.25. The summed E-state index contributed by atoms with van der Waals surface area (Å²) in [7, 11) is 0. The Morgan fingerprint density at radius 1 is 1.17 bits per heavy atom. The van der Waals surface area contributed by atoms with Gasteiger partial charge in [0.15, 0.2) is 17.5 Å². The van der Waals surface area contributed by atoms with Crippen molar-refractivity contribution in [2.24, 2.45) is 0 Å². The number of benzene rings is 1. The lowest BCUT2D eigenvalue weighted by atomic mass is 10.2. The molecule has 0 aliphatic heterocycles. The third kappa shape index (κ3) is 3.43. The standard InChI is InChI=1S/C15H12N4O3S/c1-9(20)16-11-2-3-12-13(8-11)23-15(17-12)18-14(21)10-4-6-19(22)7-5-10/h2-8H,1H3,(H,16,20)(H,17,18,21). The van der Waals surface area contributed by atoms with Crippen LogP contribution in [0, 0.1) is 5.21 Å². The van der Waals surface area contributed by atoms with Gasteiger partial charge in [0, 0.05) is 24.7 Å². The van der Waals surface area contributed by atoms with Crippen LogP contribution in [0.4, 0.5) is 10.8 Å². The van der Waals surface area contributed by atoms with E-state index in [1.165, 1.54) is 42.8 Å². The first kappa shape index (κ1) is 14.9. The maximum absolute atomic E-state index is 12.1. The maximum atomic E-state index is 12.1. The van der Waals surface area contributed by atoms with Crippen LogP contribution in [-0.4, -0.2) is 16.8 Å². The molecule has 3 rings (SSSR count). The molecule has 0 unspecified atom stereocenters. The number of rotatable bonds is 3. The molecule has 2 heterocycles. The van der Waals surface area contributed by atoms with Crippen LogP contribution in [0.25, 0.3) is 10.2 Å². The van der Waals surface area contributed by atoms with Gasteiger partial charge in [-0.15, -0.1) is 0 Å². The van der Waals surface area contributed by atoms with E-state index in [4.69, 9.17) is 0 Å². The highest BCUT2D eigenvalue weighted by atomic mass is 32.1. The van der Waals surface area contributed by atoms with Crippen molar-refractivity contribution in [2.75, 3.05) is 10.6 Å². The van der Waals surface area contributed by atoms with Gasteiger partial charge in [-0.1, -0.05) is 11.3 Å². The summed E-state index contributed by atoms with van der Waals surface area (Å²) < 4.78 is 1.45. The Morgan fingerprint density at radius 2 is 1.91 bits per heavy atom. The number of anilines is 2. The normalized spacial score (nSPS) is 10.5. The molecule has 2 aromatic heterocycles. The molecule has 0 radical (unpaired) electrons. The molecular formula is C15H12N4O3S. The topological polar surface area (TPSA) is 98.0 Å². The molecule has 0 fully saturated rings. The molecule has 0 saturated carbocycles. The summed E-state index contributed by atoms with van der Waals surface area (Å²) in [4.78, 5) is 27.5. The summed E-state index contributed by atoms with van der Waals surface area (Å²) >= 11 is 1.30. The average Bonchev–Trinajstić information content (AvgIpc) is 2.88. The highest BCUT2D eigenvalue weighted by Gasteiger charge is 2.11. The Hall–Kier alpha value is -3.00. The lowest BCUT2D eigenvalue weighted by Gasteiger charge is -2.00. The van der Waals surface area contributed by atoms with Crippen molar-refractivity contribution in [2.45, 2.75) is 6.92 Å². The molecule has 8 heteroatoms. The smallest absolute Gasteiger partial charge is 0.257 e. The Morgan fingerprint density at radius 3 is 2.61 bits per heavy atom. The van der Waals surface area contributed by atoms with Gasteiger partial charge in [0.2, 0.25) is 5.91 Å². The van der Waals surface area contributed by atoms with Crippen LogP contribution in [0.3, 0.4) is 0 Å². The largest absolute Gasteiger partial charge is 0.619 e. The Bertz CT molecular complexity index is 889. The number of carbonyl (C=O) groups is 2. The van der Waals surface area contributed by atoms with Crippen molar-refractivity contribution < 1.29 is 14.3 Å². The van der Waals surface area contributed by atoms with Gasteiger partial charge in [0.25, 0.3) is 5.91 Å². The first-order chi connectivity index (χ1) is 11.0. The number of fused-ring (bicyclic) bond motifs is 1. The Labute approximate surface area is 135 Å². The molecule has 0 spiro atoms. The zero-order valence-corrected chi connectivity index (χ0v) is 12.9. The van der Waals surface area contributed by atoms with Gasteiger partial charge >= 0.3 is 0 Å². The zero-order valence-electron chi connectivity index (χ0n) is 12.1. The van der Waals surface area contributed by atoms with Crippen LogP contribution in [0.2, 0.25) is 0 Å². The van der Waals surface area contributed by atoms with E-state index in [0.717, 1.165) is 10.2 Å². The van der Waals surface area contributed by atoms with Crippen LogP contribution in [-0.2, 0) is 4.79 Å². The predicted octanol–water partition coefficient (Wildman–Crippen LogP) is 2.14. The zero-order chi connectivity index (χ0) is 16.4. The summed E-state index contributed by atoms with van der Waals surface area (Å²) in [5, 5.41) is 16.8. The molecule has 7 nitrogen and oxygen atoms in total. The van der Waals surface area contributed by atoms with Crippen molar-refractivity contribution in [1.29, 1.82) is 0 Å². The molecule has 23 heavy (non-hydrogen) atoms. The van der Waals surface area contributed by atoms with E-state index in [9.17, 15) is 14.8 Å². The number of nitrogens with one attached hydrogen (secondary N) is 2. The van der Waals surface area contributed by atoms with Crippen molar-refractivity contribution in [3.05, 3.63) is 53.5 Å². The SMILES string of the molecule is CC(=O)Nc1ccc2nc(NC(=O)c3cc[n+]([O-])cc3)sc2c1. The van der Waals surface area contributed by atoms with Gasteiger partial charge in [-0.05, 0) is 18.2 Å². The van der Waals surface area contributed by atoms with Gasteiger partial charge in [0.05, 0.1) is 15.8 Å². The van der Waals surface area contributed by atoms with E-state index in [1.54, 1.807) is 18.2 Å². The minimum absolute atomic E-state index is 0.151. The van der Waals surface area contributed by atoms with E-state index >= 15 is 0 Å². The summed E-state index contributed by atoms with van der Waals surface area (Å²) in [5.74, 6) is -0.492. The fraction of sp³-hybridized carbons (Fsp3) is 0.0667. The number of aromatic nitrogens is 2. The second-order valence-corrected chi connectivity index (χ2v) is 5.81. The van der Waals surface area contributed by atoms with Crippen LogP contribution < -0.4 is 15.4 Å². The van der Waals surface area contributed by atoms with Gasteiger partial charge in [-0.25, -0.2) is 4.98 Å². The van der Waals surface area contributed by atoms with Crippen molar-refractivity contribution >= 4 is 44.2 Å². The Kier molecular flexibility index (Phi) is 3.90. The van der Waals surface area contributed by atoms with Crippen molar-refractivity contribution in [3.8, 4) is 0 Å². The second kappa shape index (κ2) is 6.01. The third-order valence-electron chi connectivity index (χ3n) is 2.99. The minimum Gasteiger partial charge on any atom is -0.619 e. The molecule has 0 atom stereocenters. The minimum atomic E-state index is -0.341. The van der Waals surface area contributed by atoms with Gasteiger partial charge < -0.3 is 10.5 Å². The molecule has 0 bridgehead atoms. The summed E-state index contributed by atoms with van der Waals surface area (Å²) in [6.45, 7) is 1.44. The highest BCUT2D eigenvalue weighted by molar-refractivity contribution is 7.22. The molecular weight excluding hydrogens is 316 g/mol. The maximum Gasteiger partial charge on any atom is 0.257 e. The van der Waals surface area contributed by atoms with Crippen LogP contribution in [0.1, 0.15) is 17.3 Å². The van der Waals surface area contributed by atoms with Crippen LogP contribution in [0.5, 0.6) is 0 Å². The molecule has 2 N–H and O–H groups in total. The molecule has 0 aliphatic rings. The monoisotopic (exact) mass is 328 g/mol. The fourth-order valence-corrected chi connectivity index (χ4v) is 2.89. The molecule has 3 aromatic rings. The summed E-state index contributed by atoms with van der Waals surface area (Å²) in [6, 6.07) is 8.19. The number of thiazole rings is 1. The Balaban J connectivity index is 1.81. The van der Waals surface area contributed by atoms with E-state index in [-0.39, 0.29) is 11.8 Å². The van der Waals surface area contributed by atoms with Gasteiger partial charge in [-0.2, -0.15) is 4.73 Å². The van der Waals surface area contributed by atoms with Gasteiger partial charge in [0.1, 0.15) is 0 Å². The summed E-state index contributed by atoms with van der Waals surface area (Å²) in [5.41, 5.74) is 1.77. The quantitative estimate of drug-likeness (QED) is 0.568. The van der Waals surface area contributed by atoms with E-state index in [1.807, 2.05) is 0 Å². The average molecular weight is 328 g/mol. The fourth-order valence-electron chi connectivity index (χ4n) is 1.99. The molecule has 1 aromatic carbocycles. The lowest BCUT2D eigenvalue weighted by molar-refractivity contribution is -0.605. The van der Waals surface area contributed by atoms with Crippen molar-refractivity contribution in [1.82, 2.24) is 4.98 Å². The number of pyridine rings is 1. The van der Waals surface area contributed by atoms with Gasteiger partial charge in [-0.3, -0.25) is 14.9 Å². The van der Waals surface area contributed by atoms with Crippen molar-refractivity contribution in [3.63, 3.8) is 0 Å². The molecule has 2 amide bonds. The predicted molar refractivity (Wildman–Crippen MR) is 87.3 cm³/mol. The number of amides is 2. The first-order valence-electron chi connectivity index (χ1n) is 6.69. The van der Waals surface area contributed by atoms with Crippen LogP contribution >= 0.6 is 11.3 Å². The second-order valence-electron chi connectivity index (χ2n) is 4.78. The summed E-state index contributed by atoms with van der Waals surface area (Å²) in [6.07, 6.45) is 2.51. The molecule has 0 saturated heterocycles. The molecule has 116 valence electrons. The molecule has 0 aliphatic carbocycles.